The molecule has 144 valence electrons. The van der Waals surface area contributed by atoms with E-state index in [-0.39, 0.29) is 11.3 Å². The molecular formula is C22H32O4. The van der Waals surface area contributed by atoms with Crippen molar-refractivity contribution in [3.8, 4) is 17.2 Å². The maximum absolute atomic E-state index is 11.4. The molecule has 1 aromatic rings. The minimum absolute atomic E-state index is 0.131. The summed E-state index contributed by atoms with van der Waals surface area (Å²) in [6.45, 7) is 10.5. The lowest BCUT2D eigenvalue weighted by molar-refractivity contribution is 0.176. The van der Waals surface area contributed by atoms with Crippen molar-refractivity contribution in [1.82, 2.24) is 0 Å². The number of aliphatic hydroxyl groups is 1. The number of ether oxygens (including phenoxy) is 3. The maximum Gasteiger partial charge on any atom is 0.167 e. The molecule has 1 aromatic carbocycles. The van der Waals surface area contributed by atoms with Gasteiger partial charge in [0, 0.05) is 11.1 Å². The van der Waals surface area contributed by atoms with E-state index in [4.69, 9.17) is 14.2 Å². The highest BCUT2D eigenvalue weighted by Crippen LogP contribution is 2.50. The van der Waals surface area contributed by atoms with Gasteiger partial charge in [0.15, 0.2) is 11.5 Å². The molecule has 0 saturated heterocycles. The third kappa shape index (κ3) is 3.48. The first-order valence-corrected chi connectivity index (χ1v) is 9.08. The molecule has 0 aromatic heterocycles. The van der Waals surface area contributed by atoms with Gasteiger partial charge >= 0.3 is 0 Å². The summed E-state index contributed by atoms with van der Waals surface area (Å²) < 4.78 is 16.9. The van der Waals surface area contributed by atoms with Crippen molar-refractivity contribution in [2.45, 2.75) is 53.1 Å². The molecular weight excluding hydrogens is 328 g/mol. The number of benzene rings is 1. The molecule has 2 rings (SSSR count). The highest BCUT2D eigenvalue weighted by atomic mass is 16.5. The second-order valence-electron chi connectivity index (χ2n) is 7.79. The number of aliphatic hydroxyl groups excluding tert-OH is 1. The first-order valence-electron chi connectivity index (χ1n) is 9.08. The Kier molecular flexibility index (Phi) is 6.07. The van der Waals surface area contributed by atoms with Crippen LogP contribution in [0.25, 0.3) is 0 Å². The van der Waals surface area contributed by atoms with Crippen LogP contribution >= 0.6 is 0 Å². The van der Waals surface area contributed by atoms with E-state index < -0.39 is 6.10 Å². The Morgan fingerprint density at radius 2 is 1.65 bits per heavy atom. The zero-order valence-corrected chi connectivity index (χ0v) is 17.3. The van der Waals surface area contributed by atoms with E-state index in [2.05, 4.69) is 39.8 Å². The average molecular weight is 360 g/mol. The molecule has 1 unspecified atom stereocenters. The Balaban J connectivity index is 2.76. The molecule has 0 bridgehead atoms. The second kappa shape index (κ2) is 7.75. The molecule has 1 aliphatic carbocycles. The minimum Gasteiger partial charge on any atom is -0.496 e. The van der Waals surface area contributed by atoms with Gasteiger partial charge in [0.05, 0.1) is 21.3 Å². The zero-order chi connectivity index (χ0) is 19.6. The lowest BCUT2D eigenvalue weighted by Crippen LogP contribution is -2.23. The molecule has 4 heteroatoms. The summed E-state index contributed by atoms with van der Waals surface area (Å²) in [5.74, 6) is 2.07. The quantitative estimate of drug-likeness (QED) is 0.760. The van der Waals surface area contributed by atoms with Crippen LogP contribution in [0.1, 0.15) is 64.2 Å². The van der Waals surface area contributed by atoms with Crippen LogP contribution in [0.15, 0.2) is 29.4 Å². The molecule has 0 radical (unpaired) electrons. The summed E-state index contributed by atoms with van der Waals surface area (Å²) in [6, 6.07) is 1.84. The van der Waals surface area contributed by atoms with E-state index in [1.807, 2.05) is 13.0 Å². The van der Waals surface area contributed by atoms with Crippen LogP contribution in [-0.2, 0) is 0 Å². The van der Waals surface area contributed by atoms with Gasteiger partial charge in [-0.2, -0.15) is 0 Å². The van der Waals surface area contributed by atoms with Crippen molar-refractivity contribution < 1.29 is 19.3 Å². The van der Waals surface area contributed by atoms with Gasteiger partial charge < -0.3 is 19.3 Å². The Morgan fingerprint density at radius 3 is 2.12 bits per heavy atom. The standard InChI is InChI=1S/C22H32O4/c1-13(2)17-20(25-7)15(12-16(24-6)21(17)26-8)19(23)18-14(3)10-9-11-22(18,4)5/h9-10,12-13,19,23H,11H2,1-8H3. The monoisotopic (exact) mass is 360 g/mol. The highest BCUT2D eigenvalue weighted by Gasteiger charge is 2.35. The van der Waals surface area contributed by atoms with Crippen LogP contribution in [0.2, 0.25) is 0 Å². The fourth-order valence-electron chi connectivity index (χ4n) is 3.99. The van der Waals surface area contributed by atoms with Gasteiger partial charge in [-0.15, -0.1) is 0 Å². The Hall–Kier alpha value is -1.94. The third-order valence-corrected chi connectivity index (χ3v) is 5.19. The van der Waals surface area contributed by atoms with E-state index in [0.717, 1.165) is 23.1 Å². The fraction of sp³-hybridized carbons (Fsp3) is 0.545. The third-order valence-electron chi connectivity index (χ3n) is 5.19. The van der Waals surface area contributed by atoms with Crippen LogP contribution in [0.3, 0.4) is 0 Å². The molecule has 1 atom stereocenters. The summed E-state index contributed by atoms with van der Waals surface area (Å²) in [7, 11) is 4.87. The Bertz CT molecular complexity index is 726. The molecule has 0 spiro atoms. The van der Waals surface area contributed by atoms with Crippen LogP contribution in [0, 0.1) is 5.41 Å². The van der Waals surface area contributed by atoms with Gasteiger partial charge in [-0.25, -0.2) is 0 Å². The summed E-state index contributed by atoms with van der Waals surface area (Å²) in [6.07, 6.45) is 4.36. The Labute approximate surface area is 157 Å². The van der Waals surface area contributed by atoms with Crippen molar-refractivity contribution in [1.29, 1.82) is 0 Å². The van der Waals surface area contributed by atoms with E-state index in [1.165, 1.54) is 0 Å². The first-order chi connectivity index (χ1) is 12.2. The lowest BCUT2D eigenvalue weighted by Gasteiger charge is -2.35. The van der Waals surface area contributed by atoms with Crippen molar-refractivity contribution >= 4 is 0 Å². The molecule has 26 heavy (non-hydrogen) atoms. The van der Waals surface area contributed by atoms with E-state index >= 15 is 0 Å². The molecule has 0 heterocycles. The number of methoxy groups -OCH3 is 3. The van der Waals surface area contributed by atoms with Crippen LogP contribution in [0.5, 0.6) is 17.2 Å². The van der Waals surface area contributed by atoms with E-state index in [9.17, 15) is 5.11 Å². The van der Waals surface area contributed by atoms with Crippen molar-refractivity contribution in [2.24, 2.45) is 5.41 Å². The minimum atomic E-state index is -0.776. The van der Waals surface area contributed by atoms with Gasteiger partial charge in [-0.05, 0) is 41.9 Å². The van der Waals surface area contributed by atoms with Gasteiger partial charge in [0.2, 0.25) is 0 Å². The molecule has 4 nitrogen and oxygen atoms in total. The largest absolute Gasteiger partial charge is 0.496 e. The van der Waals surface area contributed by atoms with Gasteiger partial charge in [0.1, 0.15) is 11.9 Å². The summed E-state index contributed by atoms with van der Waals surface area (Å²) in [5, 5.41) is 11.4. The number of rotatable bonds is 6. The van der Waals surface area contributed by atoms with Gasteiger partial charge in [0.25, 0.3) is 0 Å². The number of allylic oxidation sites excluding steroid dienone is 3. The van der Waals surface area contributed by atoms with Crippen molar-refractivity contribution in [3.05, 3.63) is 40.5 Å². The van der Waals surface area contributed by atoms with E-state index in [1.54, 1.807) is 21.3 Å². The number of hydrogen-bond donors (Lipinski definition) is 1. The highest BCUT2D eigenvalue weighted by molar-refractivity contribution is 5.61. The van der Waals surface area contributed by atoms with Crippen LogP contribution in [-0.4, -0.2) is 26.4 Å². The van der Waals surface area contributed by atoms with Crippen LogP contribution < -0.4 is 14.2 Å². The van der Waals surface area contributed by atoms with Gasteiger partial charge in [-0.3, -0.25) is 0 Å². The van der Waals surface area contributed by atoms with E-state index in [0.29, 0.717) is 22.8 Å². The zero-order valence-electron chi connectivity index (χ0n) is 17.3. The topological polar surface area (TPSA) is 47.9 Å². The molecule has 0 amide bonds. The fourth-order valence-corrected chi connectivity index (χ4v) is 3.99. The predicted molar refractivity (Wildman–Crippen MR) is 105 cm³/mol. The van der Waals surface area contributed by atoms with Crippen molar-refractivity contribution in [3.63, 3.8) is 0 Å². The summed E-state index contributed by atoms with van der Waals surface area (Å²) in [5.41, 5.74) is 3.60. The Morgan fingerprint density at radius 1 is 1.04 bits per heavy atom. The number of hydrogen-bond acceptors (Lipinski definition) is 4. The average Bonchev–Trinajstić information content (AvgIpc) is 2.58. The lowest BCUT2D eigenvalue weighted by atomic mass is 9.72. The first kappa shape index (κ1) is 20.4. The molecule has 0 saturated carbocycles. The SMILES string of the molecule is COc1cc(C(O)C2=C(C)C=CCC2(C)C)c(OC)c(C(C)C)c1OC. The normalized spacial score (nSPS) is 17.5. The summed E-state index contributed by atoms with van der Waals surface area (Å²) >= 11 is 0. The molecule has 0 fully saturated rings. The molecule has 0 aliphatic heterocycles. The predicted octanol–water partition coefficient (Wildman–Crippen LogP) is 5.17. The van der Waals surface area contributed by atoms with Gasteiger partial charge in [-0.1, -0.05) is 39.8 Å². The summed E-state index contributed by atoms with van der Waals surface area (Å²) in [4.78, 5) is 0. The second-order valence-corrected chi connectivity index (χ2v) is 7.79. The molecule has 1 N–H and O–H groups in total. The maximum atomic E-state index is 11.4. The molecule has 1 aliphatic rings. The van der Waals surface area contributed by atoms with Crippen molar-refractivity contribution in [2.75, 3.05) is 21.3 Å². The smallest absolute Gasteiger partial charge is 0.167 e. The van der Waals surface area contributed by atoms with Crippen LogP contribution in [0.4, 0.5) is 0 Å².